The van der Waals surface area contributed by atoms with E-state index < -0.39 is 26.6 Å². The van der Waals surface area contributed by atoms with E-state index in [9.17, 15) is 17.2 Å². The molecule has 0 aliphatic heterocycles. The highest BCUT2D eigenvalue weighted by molar-refractivity contribution is 7.89. The van der Waals surface area contributed by atoms with Crippen molar-refractivity contribution in [1.82, 2.24) is 4.72 Å². The van der Waals surface area contributed by atoms with Crippen LogP contribution in [0.5, 0.6) is 0 Å². The second-order valence-electron chi connectivity index (χ2n) is 3.68. The highest BCUT2D eigenvalue weighted by atomic mass is 32.2. The number of benzene rings is 1. The van der Waals surface area contributed by atoms with E-state index in [1.165, 1.54) is 0 Å². The van der Waals surface area contributed by atoms with Crippen molar-refractivity contribution in [3.05, 3.63) is 29.8 Å². The molecule has 0 saturated heterocycles. The summed E-state index contributed by atoms with van der Waals surface area (Å²) in [5.41, 5.74) is 0. The molecule has 0 bridgehead atoms. The van der Waals surface area contributed by atoms with E-state index >= 15 is 0 Å². The summed E-state index contributed by atoms with van der Waals surface area (Å²) in [7, 11) is -3.88. The maximum atomic E-state index is 13.3. The fourth-order valence-corrected chi connectivity index (χ4v) is 2.48. The number of hydrogen-bond acceptors (Lipinski definition) is 2. The molecule has 1 rings (SSSR count). The molecule has 0 amide bonds. The summed E-state index contributed by atoms with van der Waals surface area (Å²) in [6.07, 6.45) is 2.56. The number of halogens is 2. The van der Waals surface area contributed by atoms with Crippen molar-refractivity contribution in [2.75, 3.05) is 6.54 Å². The molecule has 1 aromatic carbocycles. The molecule has 6 heteroatoms. The smallest absolute Gasteiger partial charge is 0.211 e. The summed E-state index contributed by atoms with van der Waals surface area (Å²) in [6.45, 7) is 2.25. The van der Waals surface area contributed by atoms with Crippen molar-refractivity contribution >= 4 is 10.0 Å². The highest BCUT2D eigenvalue weighted by Gasteiger charge is 2.18. The molecule has 0 heterocycles. The lowest BCUT2D eigenvalue weighted by Gasteiger charge is -2.07. The Balaban J connectivity index is 2.76. The monoisotopic (exact) mass is 263 g/mol. The minimum atomic E-state index is -3.88. The molecule has 1 N–H and O–H groups in total. The van der Waals surface area contributed by atoms with Crippen molar-refractivity contribution in [3.8, 4) is 0 Å². The van der Waals surface area contributed by atoms with Gasteiger partial charge in [-0.2, -0.15) is 0 Å². The molecule has 3 nitrogen and oxygen atoms in total. The molecule has 0 radical (unpaired) electrons. The Kier molecular flexibility index (Phi) is 5.02. The van der Waals surface area contributed by atoms with Crippen LogP contribution in [0.15, 0.2) is 23.1 Å². The van der Waals surface area contributed by atoms with E-state index in [0.29, 0.717) is 12.5 Å². The van der Waals surface area contributed by atoms with E-state index in [1.54, 1.807) is 0 Å². The van der Waals surface area contributed by atoms with Crippen LogP contribution in [0, 0.1) is 11.6 Å². The molecular weight excluding hydrogens is 248 g/mol. The van der Waals surface area contributed by atoms with Crippen LogP contribution in [-0.4, -0.2) is 15.0 Å². The van der Waals surface area contributed by atoms with Gasteiger partial charge in [0, 0.05) is 12.6 Å². The molecule has 0 unspecified atom stereocenters. The first-order valence-corrected chi connectivity index (χ1v) is 6.90. The number of sulfonamides is 1. The summed E-state index contributed by atoms with van der Waals surface area (Å²) in [4.78, 5) is -0.518. The van der Waals surface area contributed by atoms with Gasteiger partial charge in [0.25, 0.3) is 0 Å². The minimum absolute atomic E-state index is 0.257. The summed E-state index contributed by atoms with van der Waals surface area (Å²) < 4.78 is 51.5. The first-order valence-electron chi connectivity index (χ1n) is 5.42. The summed E-state index contributed by atoms with van der Waals surface area (Å²) in [6, 6.07) is 2.40. The Bertz CT molecular complexity index is 474. The molecular formula is C11H15F2NO2S. The molecule has 0 atom stereocenters. The number of unbranched alkanes of at least 4 members (excludes halogenated alkanes) is 2. The van der Waals surface area contributed by atoms with E-state index in [2.05, 4.69) is 4.72 Å². The maximum Gasteiger partial charge on any atom is 0.243 e. The average Bonchev–Trinajstić information content (AvgIpc) is 2.24. The Morgan fingerprint density at radius 1 is 1.24 bits per heavy atom. The number of hydrogen-bond donors (Lipinski definition) is 1. The fourth-order valence-electron chi connectivity index (χ4n) is 1.35. The predicted molar refractivity (Wildman–Crippen MR) is 61.1 cm³/mol. The molecule has 96 valence electrons. The van der Waals surface area contributed by atoms with Gasteiger partial charge in [-0.25, -0.2) is 21.9 Å². The molecule has 0 aliphatic carbocycles. The third-order valence-corrected chi connectivity index (χ3v) is 3.75. The van der Waals surface area contributed by atoms with Gasteiger partial charge in [0.2, 0.25) is 10.0 Å². The third kappa shape index (κ3) is 4.05. The van der Waals surface area contributed by atoms with Crippen LogP contribution in [-0.2, 0) is 10.0 Å². The first-order chi connectivity index (χ1) is 7.97. The summed E-state index contributed by atoms with van der Waals surface area (Å²) in [5.74, 6) is -1.87. The van der Waals surface area contributed by atoms with Crippen LogP contribution in [0.2, 0.25) is 0 Å². The van der Waals surface area contributed by atoms with E-state index in [0.717, 1.165) is 25.0 Å². The maximum absolute atomic E-state index is 13.3. The van der Waals surface area contributed by atoms with Gasteiger partial charge in [-0.15, -0.1) is 0 Å². The molecule has 0 aromatic heterocycles. The Morgan fingerprint density at radius 3 is 2.53 bits per heavy atom. The average molecular weight is 263 g/mol. The second-order valence-corrected chi connectivity index (χ2v) is 5.42. The van der Waals surface area contributed by atoms with Crippen molar-refractivity contribution in [1.29, 1.82) is 0 Å². The zero-order valence-electron chi connectivity index (χ0n) is 9.54. The Hall–Kier alpha value is -1.01. The molecule has 1 aromatic rings. The molecule has 0 aliphatic rings. The zero-order valence-corrected chi connectivity index (χ0v) is 10.4. The van der Waals surface area contributed by atoms with Crippen LogP contribution < -0.4 is 4.72 Å². The summed E-state index contributed by atoms with van der Waals surface area (Å²) in [5, 5.41) is 0. The van der Waals surface area contributed by atoms with Gasteiger partial charge in [-0.3, -0.25) is 0 Å². The van der Waals surface area contributed by atoms with Crippen LogP contribution >= 0.6 is 0 Å². The van der Waals surface area contributed by atoms with E-state index in [4.69, 9.17) is 0 Å². The van der Waals surface area contributed by atoms with E-state index in [1.807, 2.05) is 6.92 Å². The van der Waals surface area contributed by atoms with Gasteiger partial charge >= 0.3 is 0 Å². The lowest BCUT2D eigenvalue weighted by molar-refractivity contribution is 0.541. The largest absolute Gasteiger partial charge is 0.243 e. The molecule has 0 spiro atoms. The minimum Gasteiger partial charge on any atom is -0.211 e. The summed E-state index contributed by atoms with van der Waals surface area (Å²) >= 11 is 0. The molecule has 0 saturated carbocycles. The number of rotatable bonds is 6. The van der Waals surface area contributed by atoms with Crippen LogP contribution in [0.25, 0.3) is 0 Å². The highest BCUT2D eigenvalue weighted by Crippen LogP contribution is 2.15. The SMILES string of the molecule is CCCCCNS(=O)(=O)c1ccc(F)cc1F. The van der Waals surface area contributed by atoms with Crippen molar-refractivity contribution in [2.45, 2.75) is 31.1 Å². The Morgan fingerprint density at radius 2 is 1.94 bits per heavy atom. The second kappa shape index (κ2) is 6.07. The number of nitrogens with one attached hydrogen (secondary N) is 1. The van der Waals surface area contributed by atoms with Gasteiger partial charge in [0.05, 0.1) is 0 Å². The van der Waals surface area contributed by atoms with Crippen LogP contribution in [0.3, 0.4) is 0 Å². The van der Waals surface area contributed by atoms with Gasteiger partial charge < -0.3 is 0 Å². The standard InChI is InChI=1S/C11H15F2NO2S/c1-2-3-4-7-14-17(15,16)11-6-5-9(12)8-10(11)13/h5-6,8,14H,2-4,7H2,1H3. The molecule has 17 heavy (non-hydrogen) atoms. The van der Waals surface area contributed by atoms with Crippen LogP contribution in [0.4, 0.5) is 8.78 Å². The lowest BCUT2D eigenvalue weighted by atomic mass is 10.3. The molecule has 0 fully saturated rings. The van der Waals surface area contributed by atoms with Crippen molar-refractivity contribution in [3.63, 3.8) is 0 Å². The normalized spacial score (nSPS) is 11.7. The first kappa shape index (κ1) is 14.1. The van der Waals surface area contributed by atoms with Gasteiger partial charge in [0.15, 0.2) is 0 Å². The predicted octanol–water partition coefficient (Wildman–Crippen LogP) is 2.43. The Labute approximate surface area is 99.9 Å². The van der Waals surface area contributed by atoms with Gasteiger partial charge in [0.1, 0.15) is 16.5 Å². The topological polar surface area (TPSA) is 46.2 Å². The van der Waals surface area contributed by atoms with Crippen LogP contribution in [0.1, 0.15) is 26.2 Å². The zero-order chi connectivity index (χ0) is 12.9. The van der Waals surface area contributed by atoms with Crippen molar-refractivity contribution < 1.29 is 17.2 Å². The third-order valence-electron chi connectivity index (χ3n) is 2.26. The fraction of sp³-hybridized carbons (Fsp3) is 0.455. The van der Waals surface area contributed by atoms with Gasteiger partial charge in [-0.1, -0.05) is 19.8 Å². The lowest BCUT2D eigenvalue weighted by Crippen LogP contribution is -2.25. The van der Waals surface area contributed by atoms with Gasteiger partial charge in [-0.05, 0) is 18.6 Å². The van der Waals surface area contributed by atoms with E-state index in [-0.39, 0.29) is 6.54 Å². The quantitative estimate of drug-likeness (QED) is 0.801. The van der Waals surface area contributed by atoms with Crippen molar-refractivity contribution in [2.24, 2.45) is 0 Å².